The van der Waals surface area contributed by atoms with Crippen LogP contribution in [0.1, 0.15) is 49.8 Å². The molecular formula is C25H27N3O3. The summed E-state index contributed by atoms with van der Waals surface area (Å²) in [6, 6.07) is 12.3. The summed E-state index contributed by atoms with van der Waals surface area (Å²) >= 11 is 0. The normalized spacial score (nSPS) is 21.9. The van der Waals surface area contributed by atoms with Crippen molar-refractivity contribution < 1.29 is 14.4 Å². The Morgan fingerprint density at radius 2 is 1.84 bits per heavy atom. The minimum atomic E-state index is -0.735. The molecule has 2 heterocycles. The number of barbiturate groups is 1. The summed E-state index contributed by atoms with van der Waals surface area (Å²) in [7, 11) is 2.09. The van der Waals surface area contributed by atoms with Gasteiger partial charge in [-0.05, 0) is 80.1 Å². The molecule has 6 nitrogen and oxygen atoms in total. The Kier molecular flexibility index (Phi) is 4.96. The largest absolute Gasteiger partial charge is 0.369 e. The molecule has 2 aliphatic heterocycles. The monoisotopic (exact) mass is 417 g/mol. The van der Waals surface area contributed by atoms with Crippen molar-refractivity contribution in [2.75, 3.05) is 16.8 Å². The number of benzene rings is 2. The second kappa shape index (κ2) is 7.38. The molecule has 1 unspecified atom stereocenters. The third-order valence-electron chi connectivity index (χ3n) is 6.33. The second-order valence-electron chi connectivity index (χ2n) is 9.09. The van der Waals surface area contributed by atoms with Gasteiger partial charge in [0.05, 0.1) is 5.69 Å². The van der Waals surface area contributed by atoms with Crippen molar-refractivity contribution in [1.29, 1.82) is 0 Å². The van der Waals surface area contributed by atoms with E-state index in [4.69, 9.17) is 0 Å². The molecule has 1 fully saturated rings. The summed E-state index contributed by atoms with van der Waals surface area (Å²) in [5, 5.41) is 2.29. The van der Waals surface area contributed by atoms with Crippen LogP contribution < -0.4 is 15.1 Å². The van der Waals surface area contributed by atoms with Crippen LogP contribution in [0.2, 0.25) is 0 Å². The van der Waals surface area contributed by atoms with Crippen molar-refractivity contribution in [3.05, 3.63) is 64.7 Å². The molecule has 4 rings (SSSR count). The van der Waals surface area contributed by atoms with Crippen LogP contribution in [0.3, 0.4) is 0 Å². The second-order valence-corrected chi connectivity index (χ2v) is 9.09. The summed E-state index contributed by atoms with van der Waals surface area (Å²) in [5.41, 5.74) is 4.45. The van der Waals surface area contributed by atoms with Gasteiger partial charge in [0.2, 0.25) is 0 Å². The van der Waals surface area contributed by atoms with Crippen LogP contribution in [-0.2, 0) is 9.59 Å². The number of carbonyl (C=O) groups is 3. The van der Waals surface area contributed by atoms with E-state index in [0.717, 1.165) is 28.1 Å². The van der Waals surface area contributed by atoms with Gasteiger partial charge in [-0.3, -0.25) is 14.9 Å². The molecule has 0 spiro atoms. The fourth-order valence-electron chi connectivity index (χ4n) is 4.51. The molecular weight excluding hydrogens is 390 g/mol. The maximum Gasteiger partial charge on any atom is 0.335 e. The molecule has 1 saturated heterocycles. The quantitative estimate of drug-likeness (QED) is 0.581. The molecule has 0 radical (unpaired) electrons. The third-order valence-corrected chi connectivity index (χ3v) is 6.33. The first-order chi connectivity index (χ1) is 14.6. The Bertz CT molecular complexity index is 1130. The summed E-state index contributed by atoms with van der Waals surface area (Å²) < 4.78 is 0. The van der Waals surface area contributed by atoms with Gasteiger partial charge in [0.15, 0.2) is 0 Å². The number of anilines is 2. The molecule has 1 atom stereocenters. The topological polar surface area (TPSA) is 69.7 Å². The van der Waals surface area contributed by atoms with E-state index in [1.807, 2.05) is 31.2 Å². The molecule has 2 aromatic rings. The average molecular weight is 418 g/mol. The molecule has 31 heavy (non-hydrogen) atoms. The molecule has 4 amide bonds. The minimum Gasteiger partial charge on any atom is -0.369 e. The Labute approximate surface area is 182 Å². The Hall–Kier alpha value is -3.41. The number of aryl methyl sites for hydroxylation is 1. The van der Waals surface area contributed by atoms with Crippen molar-refractivity contribution in [3.63, 3.8) is 0 Å². The van der Waals surface area contributed by atoms with Gasteiger partial charge in [-0.2, -0.15) is 0 Å². The molecule has 160 valence electrons. The number of imide groups is 2. The van der Waals surface area contributed by atoms with E-state index in [0.29, 0.717) is 11.6 Å². The van der Waals surface area contributed by atoms with Gasteiger partial charge in [0.1, 0.15) is 5.57 Å². The van der Waals surface area contributed by atoms with E-state index in [1.165, 1.54) is 5.56 Å². The molecule has 0 aliphatic carbocycles. The van der Waals surface area contributed by atoms with Crippen LogP contribution in [0.5, 0.6) is 0 Å². The number of nitrogens with zero attached hydrogens (tertiary/aromatic N) is 2. The standard InChI is InChI=1S/C25H27N3O3/c1-15-7-6-8-18(11-15)28-23(30)20(22(29)26-24(28)31)13-17-9-10-21-19(12-17)16(2)14-25(3,4)27(21)5/h6-13,16H,14H2,1-5H3,(H,26,29,31)/b20-13+. The fraction of sp³-hybridized carbons (Fsp3) is 0.320. The lowest BCUT2D eigenvalue weighted by atomic mass is 9.80. The van der Waals surface area contributed by atoms with Gasteiger partial charge >= 0.3 is 6.03 Å². The van der Waals surface area contributed by atoms with Gasteiger partial charge in [-0.1, -0.05) is 25.1 Å². The first-order valence-electron chi connectivity index (χ1n) is 10.4. The van der Waals surface area contributed by atoms with Crippen LogP contribution >= 0.6 is 0 Å². The van der Waals surface area contributed by atoms with Crippen molar-refractivity contribution >= 4 is 35.3 Å². The van der Waals surface area contributed by atoms with Gasteiger partial charge in [0, 0.05) is 18.3 Å². The van der Waals surface area contributed by atoms with Crippen molar-refractivity contribution in [2.24, 2.45) is 0 Å². The van der Waals surface area contributed by atoms with Crippen LogP contribution in [0.15, 0.2) is 48.0 Å². The molecule has 6 heteroatoms. The van der Waals surface area contributed by atoms with E-state index >= 15 is 0 Å². The third kappa shape index (κ3) is 3.63. The highest BCUT2D eigenvalue weighted by molar-refractivity contribution is 6.39. The lowest BCUT2D eigenvalue weighted by molar-refractivity contribution is -0.122. The Morgan fingerprint density at radius 3 is 2.55 bits per heavy atom. The smallest absolute Gasteiger partial charge is 0.335 e. The minimum absolute atomic E-state index is 0.0559. The van der Waals surface area contributed by atoms with Crippen LogP contribution in [0.25, 0.3) is 6.08 Å². The lowest BCUT2D eigenvalue weighted by Crippen LogP contribution is -2.54. The van der Waals surface area contributed by atoms with E-state index in [-0.39, 0.29) is 11.1 Å². The van der Waals surface area contributed by atoms with E-state index in [9.17, 15) is 14.4 Å². The number of rotatable bonds is 2. The Balaban J connectivity index is 1.73. The summed E-state index contributed by atoms with van der Waals surface area (Å²) in [6.45, 7) is 8.53. The van der Waals surface area contributed by atoms with E-state index in [2.05, 4.69) is 38.0 Å². The maximum absolute atomic E-state index is 13.1. The first-order valence-corrected chi connectivity index (χ1v) is 10.4. The average Bonchev–Trinajstić information content (AvgIpc) is 2.69. The highest BCUT2D eigenvalue weighted by atomic mass is 16.2. The van der Waals surface area contributed by atoms with E-state index in [1.54, 1.807) is 24.3 Å². The SMILES string of the molecule is Cc1cccc(N2C(=O)NC(=O)/C(=C\c3ccc4c(c3)C(C)CC(C)(C)N4C)C2=O)c1. The fourth-order valence-corrected chi connectivity index (χ4v) is 4.51. The van der Waals surface area contributed by atoms with Crippen molar-refractivity contribution in [2.45, 2.75) is 45.6 Å². The Morgan fingerprint density at radius 1 is 1.10 bits per heavy atom. The zero-order chi connectivity index (χ0) is 22.5. The number of amides is 4. The summed E-state index contributed by atoms with van der Waals surface area (Å²) in [5.74, 6) is -0.952. The van der Waals surface area contributed by atoms with Gasteiger partial charge in [-0.15, -0.1) is 0 Å². The van der Waals surface area contributed by atoms with Crippen LogP contribution in [0, 0.1) is 6.92 Å². The van der Waals surface area contributed by atoms with Gasteiger partial charge in [0.25, 0.3) is 11.8 Å². The number of fused-ring (bicyclic) bond motifs is 1. The molecule has 0 bridgehead atoms. The van der Waals surface area contributed by atoms with E-state index < -0.39 is 17.8 Å². The van der Waals surface area contributed by atoms with Gasteiger partial charge < -0.3 is 4.90 Å². The molecule has 0 aromatic heterocycles. The number of urea groups is 1. The molecule has 2 aliphatic rings. The first kappa shape index (κ1) is 20.8. The van der Waals surface area contributed by atoms with Crippen molar-refractivity contribution in [1.82, 2.24) is 5.32 Å². The van der Waals surface area contributed by atoms with Gasteiger partial charge in [-0.25, -0.2) is 9.69 Å². The lowest BCUT2D eigenvalue weighted by Gasteiger charge is -2.45. The summed E-state index contributed by atoms with van der Waals surface area (Å²) in [6.07, 6.45) is 2.57. The molecule has 1 N–H and O–H groups in total. The highest BCUT2D eigenvalue weighted by Gasteiger charge is 2.37. The highest BCUT2D eigenvalue weighted by Crippen LogP contribution is 2.42. The number of carbonyl (C=O) groups excluding carboxylic acids is 3. The molecule has 2 aromatic carbocycles. The number of nitrogens with one attached hydrogen (secondary N) is 1. The van der Waals surface area contributed by atoms with Crippen LogP contribution in [0.4, 0.5) is 16.2 Å². The molecule has 0 saturated carbocycles. The zero-order valence-corrected chi connectivity index (χ0v) is 18.5. The summed E-state index contributed by atoms with van der Waals surface area (Å²) in [4.78, 5) is 41.3. The predicted octanol–water partition coefficient (Wildman–Crippen LogP) is 4.38. The zero-order valence-electron chi connectivity index (χ0n) is 18.5. The van der Waals surface area contributed by atoms with Crippen molar-refractivity contribution in [3.8, 4) is 0 Å². The number of hydrogen-bond acceptors (Lipinski definition) is 4. The maximum atomic E-state index is 13.1. The van der Waals surface area contributed by atoms with Crippen LogP contribution in [-0.4, -0.2) is 30.4 Å². The predicted molar refractivity (Wildman–Crippen MR) is 122 cm³/mol. The number of hydrogen-bond donors (Lipinski definition) is 1.